The zero-order valence-electron chi connectivity index (χ0n) is 20.4. The van der Waals surface area contributed by atoms with E-state index in [2.05, 4.69) is 0 Å². The van der Waals surface area contributed by atoms with Gasteiger partial charge in [0, 0.05) is 28.9 Å². The minimum atomic E-state index is -0.814. The van der Waals surface area contributed by atoms with Crippen LogP contribution >= 0.6 is 57.9 Å². The normalized spacial score (nSPS) is 22.7. The Morgan fingerprint density at radius 3 is 2.36 bits per heavy atom. The van der Waals surface area contributed by atoms with Crippen LogP contribution in [-0.4, -0.2) is 45.5 Å². The lowest BCUT2D eigenvalue weighted by Gasteiger charge is -2.31. The maximum Gasteiger partial charge on any atom is 0.308 e. The Balaban J connectivity index is 1.46. The molecule has 7 nitrogen and oxygen atoms in total. The number of halogens is 3. The van der Waals surface area contributed by atoms with Crippen molar-refractivity contribution in [2.45, 2.75) is 42.0 Å². The number of carbonyl (C=O) groups is 3. The van der Waals surface area contributed by atoms with Crippen LogP contribution in [0.15, 0.2) is 52.3 Å². The highest BCUT2D eigenvalue weighted by molar-refractivity contribution is 8.00. The Hall–Kier alpha value is -2.30. The van der Waals surface area contributed by atoms with Crippen molar-refractivity contribution in [1.29, 1.82) is 0 Å². The van der Waals surface area contributed by atoms with Gasteiger partial charge in [-0.1, -0.05) is 70.0 Å². The van der Waals surface area contributed by atoms with Gasteiger partial charge in [0.05, 0.1) is 26.7 Å². The van der Waals surface area contributed by atoms with Gasteiger partial charge in [0.15, 0.2) is 0 Å². The highest BCUT2D eigenvalue weighted by Crippen LogP contribution is 2.55. The molecular weight excluding hydrogens is 601 g/mol. The Morgan fingerprint density at radius 2 is 1.64 bits per heavy atom. The quantitative estimate of drug-likeness (QED) is 0.350. The van der Waals surface area contributed by atoms with E-state index in [9.17, 15) is 19.2 Å². The Bertz CT molecular complexity index is 1550. The summed E-state index contributed by atoms with van der Waals surface area (Å²) in [6.45, 7) is 1.22. The first-order valence-corrected chi connectivity index (χ1v) is 15.3. The number of hydrogen-bond donors (Lipinski definition) is 0. The lowest BCUT2D eigenvalue weighted by Crippen LogP contribution is -2.39. The molecule has 2 fully saturated rings. The lowest BCUT2D eigenvalue weighted by atomic mass is 9.83. The van der Waals surface area contributed by atoms with Gasteiger partial charge in [-0.2, -0.15) is 0 Å². The molecule has 0 radical (unpaired) electrons. The summed E-state index contributed by atoms with van der Waals surface area (Å²) in [4.78, 5) is 57.5. The molecule has 3 aromatic rings. The summed E-state index contributed by atoms with van der Waals surface area (Å²) in [6.07, 6.45) is 2.96. The maximum atomic E-state index is 13.9. The number of amides is 3. The fourth-order valence-corrected chi connectivity index (χ4v) is 8.89. The third-order valence-electron chi connectivity index (χ3n) is 7.45. The average molecular weight is 623 g/mol. The van der Waals surface area contributed by atoms with E-state index < -0.39 is 23.0 Å². The number of fused-ring (bicyclic) bond motifs is 2. The van der Waals surface area contributed by atoms with Crippen molar-refractivity contribution in [3.05, 3.63) is 77.6 Å². The van der Waals surface area contributed by atoms with Gasteiger partial charge in [0.25, 0.3) is 0 Å². The van der Waals surface area contributed by atoms with Gasteiger partial charge >= 0.3 is 4.87 Å². The fourth-order valence-electron chi connectivity index (χ4n) is 5.57. The molecule has 0 N–H and O–H groups in total. The van der Waals surface area contributed by atoms with Crippen LogP contribution in [0.1, 0.15) is 35.6 Å². The van der Waals surface area contributed by atoms with Gasteiger partial charge in [-0.3, -0.25) is 23.7 Å². The highest BCUT2D eigenvalue weighted by atomic mass is 35.5. The standard InChI is InChI=1S/C27H22Cl3N3O4S2/c28-14-7-9-15(10-8-14)33-24(35)20-19(16-5-4-6-17(29)21(16)30)23-26(38-22(20)25(33)36)32(27(37)39-23)13-18(34)31-11-2-1-3-12-31/h4-10,19-20,22H,1-3,11-13H2. The Kier molecular flexibility index (Phi) is 7.31. The minimum absolute atomic E-state index is 0.117. The molecule has 0 saturated carbocycles. The molecule has 2 saturated heterocycles. The number of thiazole rings is 1. The summed E-state index contributed by atoms with van der Waals surface area (Å²) in [5.41, 5.74) is 0.983. The molecule has 12 heteroatoms. The largest absolute Gasteiger partial charge is 0.341 e. The molecule has 0 spiro atoms. The van der Waals surface area contributed by atoms with E-state index in [1.807, 2.05) is 0 Å². The number of thioether (sulfide) groups is 1. The first-order valence-electron chi connectivity index (χ1n) is 12.5. The average Bonchev–Trinajstić information content (AvgIpc) is 3.38. The number of anilines is 1. The van der Waals surface area contributed by atoms with Crippen molar-refractivity contribution >= 4 is 81.3 Å². The number of likely N-dealkylation sites (tertiary alicyclic amines) is 1. The Morgan fingerprint density at radius 1 is 0.923 bits per heavy atom. The first kappa shape index (κ1) is 26.9. The third-order valence-corrected chi connectivity index (χ3v) is 11.1. The van der Waals surface area contributed by atoms with Gasteiger partial charge in [0.1, 0.15) is 11.8 Å². The zero-order chi connectivity index (χ0) is 27.4. The number of piperidine rings is 1. The molecular formula is C27H22Cl3N3O4S2. The van der Waals surface area contributed by atoms with Gasteiger partial charge in [-0.15, -0.1) is 0 Å². The molecule has 0 aliphatic carbocycles. The van der Waals surface area contributed by atoms with E-state index in [-0.39, 0.29) is 28.3 Å². The smallest absolute Gasteiger partial charge is 0.308 e. The van der Waals surface area contributed by atoms with Crippen LogP contribution in [0.25, 0.3) is 0 Å². The van der Waals surface area contributed by atoms with Crippen LogP contribution in [0, 0.1) is 5.92 Å². The highest BCUT2D eigenvalue weighted by Gasteiger charge is 2.57. The van der Waals surface area contributed by atoms with Crippen LogP contribution in [0.5, 0.6) is 0 Å². The van der Waals surface area contributed by atoms with E-state index in [0.717, 1.165) is 30.6 Å². The van der Waals surface area contributed by atoms with Crippen LogP contribution < -0.4 is 9.77 Å². The lowest BCUT2D eigenvalue weighted by molar-refractivity contribution is -0.133. The van der Waals surface area contributed by atoms with E-state index in [1.165, 1.54) is 21.2 Å². The number of nitrogens with zero attached hydrogens (tertiary/aromatic N) is 3. The molecule has 3 atom stereocenters. The van der Waals surface area contributed by atoms with Crippen LogP contribution in [0.2, 0.25) is 15.1 Å². The Labute approximate surface area is 247 Å². The van der Waals surface area contributed by atoms with E-state index in [1.54, 1.807) is 47.4 Å². The first-order chi connectivity index (χ1) is 18.8. The molecule has 4 heterocycles. The number of carbonyl (C=O) groups excluding carboxylic acids is 3. The molecule has 3 aliphatic rings. The molecule has 1 aromatic heterocycles. The van der Waals surface area contributed by atoms with Gasteiger partial charge in [-0.25, -0.2) is 4.90 Å². The van der Waals surface area contributed by atoms with E-state index in [4.69, 9.17) is 34.8 Å². The number of aromatic nitrogens is 1. The summed E-state index contributed by atoms with van der Waals surface area (Å²) >= 11 is 21.2. The fraction of sp³-hybridized carbons (Fsp3) is 0.333. The second kappa shape index (κ2) is 10.6. The van der Waals surface area contributed by atoms with Crippen LogP contribution in [0.4, 0.5) is 5.69 Å². The molecule has 3 aliphatic heterocycles. The van der Waals surface area contributed by atoms with Gasteiger partial charge in [0.2, 0.25) is 17.7 Å². The topological polar surface area (TPSA) is 79.7 Å². The number of benzene rings is 2. The SMILES string of the molecule is O=C(Cn1c2c(sc1=O)C(c1cccc(Cl)c1Cl)C1C(=O)N(c3ccc(Cl)cc3)C(=O)C1S2)N1CCCCC1. The zero-order valence-corrected chi connectivity index (χ0v) is 24.3. The molecule has 0 bridgehead atoms. The predicted molar refractivity (Wildman–Crippen MR) is 154 cm³/mol. The molecule has 39 heavy (non-hydrogen) atoms. The third kappa shape index (κ3) is 4.62. The summed E-state index contributed by atoms with van der Waals surface area (Å²) < 4.78 is 1.45. The summed E-state index contributed by atoms with van der Waals surface area (Å²) in [7, 11) is 0. The second-order valence-corrected chi connectivity index (χ2v) is 13.1. The number of rotatable bonds is 4. The number of imide groups is 1. The van der Waals surface area contributed by atoms with Gasteiger partial charge < -0.3 is 4.90 Å². The molecule has 3 unspecified atom stereocenters. The van der Waals surface area contributed by atoms with E-state index >= 15 is 0 Å². The number of hydrogen-bond acceptors (Lipinski definition) is 6. The van der Waals surface area contributed by atoms with Crippen LogP contribution in [0.3, 0.4) is 0 Å². The summed E-state index contributed by atoms with van der Waals surface area (Å²) in [6, 6.07) is 11.7. The predicted octanol–water partition coefficient (Wildman–Crippen LogP) is 5.68. The summed E-state index contributed by atoms with van der Waals surface area (Å²) in [5.74, 6) is -2.41. The summed E-state index contributed by atoms with van der Waals surface area (Å²) in [5, 5.41) is 0.771. The second-order valence-electron chi connectivity index (χ2n) is 9.74. The monoisotopic (exact) mass is 621 g/mol. The van der Waals surface area contributed by atoms with E-state index in [0.29, 0.717) is 44.3 Å². The van der Waals surface area contributed by atoms with Crippen molar-refractivity contribution in [1.82, 2.24) is 9.47 Å². The molecule has 2 aromatic carbocycles. The van der Waals surface area contributed by atoms with Crippen molar-refractivity contribution in [3.8, 4) is 0 Å². The van der Waals surface area contributed by atoms with Crippen LogP contribution in [-0.2, 0) is 20.9 Å². The minimum Gasteiger partial charge on any atom is -0.341 e. The van der Waals surface area contributed by atoms with Gasteiger partial charge in [-0.05, 0) is 55.2 Å². The van der Waals surface area contributed by atoms with Crippen molar-refractivity contribution in [2.75, 3.05) is 18.0 Å². The van der Waals surface area contributed by atoms with Crippen molar-refractivity contribution < 1.29 is 14.4 Å². The molecule has 202 valence electrons. The molecule has 6 rings (SSSR count). The maximum absolute atomic E-state index is 13.9. The molecule has 3 amide bonds. The van der Waals surface area contributed by atoms with Crippen molar-refractivity contribution in [2.24, 2.45) is 5.92 Å². The van der Waals surface area contributed by atoms with Crippen molar-refractivity contribution in [3.63, 3.8) is 0 Å².